The van der Waals surface area contributed by atoms with Crippen molar-refractivity contribution in [2.75, 3.05) is 7.11 Å². The van der Waals surface area contributed by atoms with Crippen molar-refractivity contribution in [3.8, 4) is 11.8 Å². The number of ether oxygens (including phenoxy) is 1. The number of nitrogens with zero attached hydrogens (tertiary/aromatic N) is 2. The molecule has 1 aliphatic carbocycles. The molecule has 1 saturated carbocycles. The smallest absolute Gasteiger partial charge is 0.184 e. The van der Waals surface area contributed by atoms with Gasteiger partial charge in [-0.25, -0.2) is 13.4 Å². The van der Waals surface area contributed by atoms with Crippen LogP contribution in [0.5, 0.6) is 5.75 Å². The number of sulfone groups is 1. The van der Waals surface area contributed by atoms with E-state index in [4.69, 9.17) is 10.00 Å². The fraction of sp³-hybridized carbons (Fsp3) is 0.400. The van der Waals surface area contributed by atoms with Gasteiger partial charge in [-0.3, -0.25) is 0 Å². The number of hydrogen-bond acceptors (Lipinski definition) is 5. The second kappa shape index (κ2) is 3.76. The maximum absolute atomic E-state index is 12.0. The van der Waals surface area contributed by atoms with E-state index in [-0.39, 0.29) is 15.8 Å². The first-order chi connectivity index (χ1) is 7.59. The zero-order chi connectivity index (χ0) is 11.8. The van der Waals surface area contributed by atoms with Crippen LogP contribution in [0, 0.1) is 11.3 Å². The lowest BCUT2D eigenvalue weighted by atomic mass is 10.3. The van der Waals surface area contributed by atoms with Crippen LogP contribution in [-0.4, -0.2) is 25.8 Å². The minimum atomic E-state index is -3.41. The summed E-state index contributed by atoms with van der Waals surface area (Å²) in [5.74, 6) is 0.346. The molecule has 84 valence electrons. The Labute approximate surface area is 93.6 Å². The van der Waals surface area contributed by atoms with Gasteiger partial charge in [-0.2, -0.15) is 5.26 Å². The highest BCUT2D eigenvalue weighted by molar-refractivity contribution is 7.92. The van der Waals surface area contributed by atoms with Crippen LogP contribution in [0.1, 0.15) is 18.5 Å². The lowest BCUT2D eigenvalue weighted by Gasteiger charge is -2.06. The van der Waals surface area contributed by atoms with E-state index in [0.29, 0.717) is 18.6 Å². The monoisotopic (exact) mass is 238 g/mol. The molecule has 6 heteroatoms. The molecule has 2 rings (SSSR count). The Bertz CT molecular complexity index is 556. The minimum absolute atomic E-state index is 0.0168. The summed E-state index contributed by atoms with van der Waals surface area (Å²) in [4.78, 5) is 3.76. The molecule has 16 heavy (non-hydrogen) atoms. The molecule has 1 aliphatic rings. The van der Waals surface area contributed by atoms with E-state index in [0.717, 1.165) is 0 Å². The number of pyridine rings is 1. The molecule has 0 bridgehead atoms. The summed E-state index contributed by atoms with van der Waals surface area (Å²) in [5.41, 5.74) is -0.0623. The second-order valence-corrected chi connectivity index (χ2v) is 5.77. The Morgan fingerprint density at radius 1 is 1.56 bits per heavy atom. The maximum Gasteiger partial charge on any atom is 0.184 e. The van der Waals surface area contributed by atoms with Crippen LogP contribution in [-0.2, 0) is 9.84 Å². The molecule has 0 aromatic carbocycles. The van der Waals surface area contributed by atoms with Crippen LogP contribution in [0.2, 0.25) is 0 Å². The van der Waals surface area contributed by atoms with E-state index in [2.05, 4.69) is 4.98 Å². The molecule has 5 nitrogen and oxygen atoms in total. The molecule has 0 spiro atoms. The van der Waals surface area contributed by atoms with Gasteiger partial charge in [0.05, 0.1) is 18.6 Å². The molecule has 0 saturated heterocycles. The largest absolute Gasteiger partial charge is 0.495 e. The number of nitriles is 1. The molecule has 1 aromatic rings. The van der Waals surface area contributed by atoms with Crippen molar-refractivity contribution in [3.63, 3.8) is 0 Å². The standard InChI is InChI=1S/C10H10N2O3S/c1-15-7-4-10(9(5-11)12-6-7)16(13,14)8-2-3-8/h4,6,8H,2-3H2,1H3. The predicted molar refractivity (Wildman–Crippen MR) is 55.7 cm³/mol. The normalized spacial score (nSPS) is 15.5. The molecule has 1 fully saturated rings. The van der Waals surface area contributed by atoms with Gasteiger partial charge >= 0.3 is 0 Å². The third-order valence-electron chi connectivity index (χ3n) is 2.44. The van der Waals surface area contributed by atoms with E-state index in [9.17, 15) is 8.42 Å². The minimum Gasteiger partial charge on any atom is -0.495 e. The Morgan fingerprint density at radius 2 is 2.25 bits per heavy atom. The Morgan fingerprint density at radius 3 is 2.75 bits per heavy atom. The van der Waals surface area contributed by atoms with Crippen LogP contribution < -0.4 is 4.74 Å². The van der Waals surface area contributed by atoms with E-state index < -0.39 is 9.84 Å². The molecule has 0 radical (unpaired) electrons. The van der Waals surface area contributed by atoms with Crippen LogP contribution in [0.25, 0.3) is 0 Å². The van der Waals surface area contributed by atoms with Crippen molar-refractivity contribution in [3.05, 3.63) is 18.0 Å². The summed E-state index contributed by atoms with van der Waals surface area (Å²) in [6.07, 6.45) is 2.65. The van der Waals surface area contributed by atoms with Crippen molar-refractivity contribution < 1.29 is 13.2 Å². The molecule has 1 aromatic heterocycles. The molecular formula is C10H10N2O3S. The molecular weight excluding hydrogens is 228 g/mol. The van der Waals surface area contributed by atoms with Crippen molar-refractivity contribution in [1.82, 2.24) is 4.98 Å². The quantitative estimate of drug-likeness (QED) is 0.781. The van der Waals surface area contributed by atoms with E-state index in [1.54, 1.807) is 6.07 Å². The predicted octanol–water partition coefficient (Wildman–Crippen LogP) is 0.898. The first-order valence-electron chi connectivity index (χ1n) is 4.77. The fourth-order valence-electron chi connectivity index (χ4n) is 1.40. The summed E-state index contributed by atoms with van der Waals surface area (Å²) in [5, 5.41) is 8.48. The van der Waals surface area contributed by atoms with E-state index in [1.807, 2.05) is 0 Å². The van der Waals surface area contributed by atoms with Gasteiger partial charge in [-0.05, 0) is 12.8 Å². The fourth-order valence-corrected chi connectivity index (χ4v) is 3.16. The number of hydrogen-bond donors (Lipinski definition) is 0. The molecule has 0 amide bonds. The zero-order valence-electron chi connectivity index (χ0n) is 8.67. The van der Waals surface area contributed by atoms with Crippen molar-refractivity contribution in [2.45, 2.75) is 23.0 Å². The van der Waals surface area contributed by atoms with Gasteiger partial charge in [0.15, 0.2) is 15.5 Å². The average Bonchev–Trinajstić information content (AvgIpc) is 3.12. The molecule has 0 N–H and O–H groups in total. The number of rotatable bonds is 3. The lowest BCUT2D eigenvalue weighted by molar-refractivity contribution is 0.411. The molecule has 0 unspecified atom stereocenters. The van der Waals surface area contributed by atoms with Gasteiger partial charge in [-0.1, -0.05) is 0 Å². The molecule has 0 atom stereocenters. The van der Waals surface area contributed by atoms with Crippen LogP contribution in [0.4, 0.5) is 0 Å². The first kappa shape index (κ1) is 10.9. The zero-order valence-corrected chi connectivity index (χ0v) is 9.49. The summed E-state index contributed by atoms with van der Waals surface area (Å²) < 4.78 is 28.9. The highest BCUT2D eigenvalue weighted by Crippen LogP contribution is 2.35. The summed E-state index contributed by atoms with van der Waals surface area (Å²) in [7, 11) is -1.98. The van der Waals surface area contributed by atoms with Crippen LogP contribution in [0.15, 0.2) is 17.2 Å². The van der Waals surface area contributed by atoms with Crippen LogP contribution in [0.3, 0.4) is 0 Å². The summed E-state index contributed by atoms with van der Waals surface area (Å²) in [6, 6.07) is 3.15. The Balaban J connectivity index is 2.58. The average molecular weight is 238 g/mol. The van der Waals surface area contributed by atoms with Gasteiger partial charge in [0.25, 0.3) is 0 Å². The van der Waals surface area contributed by atoms with E-state index >= 15 is 0 Å². The molecule has 1 heterocycles. The highest BCUT2D eigenvalue weighted by Gasteiger charge is 2.38. The Kier molecular flexibility index (Phi) is 2.56. The maximum atomic E-state index is 12.0. The third-order valence-corrected chi connectivity index (χ3v) is 4.71. The van der Waals surface area contributed by atoms with Gasteiger partial charge in [0.1, 0.15) is 16.7 Å². The second-order valence-electron chi connectivity index (χ2n) is 3.58. The summed E-state index contributed by atoms with van der Waals surface area (Å²) in [6.45, 7) is 0. The summed E-state index contributed by atoms with van der Waals surface area (Å²) >= 11 is 0. The van der Waals surface area contributed by atoms with Gasteiger partial charge in [0, 0.05) is 6.07 Å². The first-order valence-corrected chi connectivity index (χ1v) is 6.32. The SMILES string of the molecule is COc1cnc(C#N)c(S(=O)(=O)C2CC2)c1. The van der Waals surface area contributed by atoms with Crippen molar-refractivity contribution in [2.24, 2.45) is 0 Å². The van der Waals surface area contributed by atoms with Crippen LogP contribution >= 0.6 is 0 Å². The Hall–Kier alpha value is -1.61. The third kappa shape index (κ3) is 1.74. The van der Waals surface area contributed by atoms with E-state index in [1.165, 1.54) is 19.4 Å². The van der Waals surface area contributed by atoms with Gasteiger partial charge < -0.3 is 4.74 Å². The lowest BCUT2D eigenvalue weighted by Crippen LogP contribution is -2.10. The van der Waals surface area contributed by atoms with Gasteiger partial charge in [0.2, 0.25) is 0 Å². The number of methoxy groups -OCH3 is 1. The highest BCUT2D eigenvalue weighted by atomic mass is 32.2. The topological polar surface area (TPSA) is 80.0 Å². The van der Waals surface area contributed by atoms with Crippen molar-refractivity contribution in [1.29, 1.82) is 5.26 Å². The van der Waals surface area contributed by atoms with Crippen molar-refractivity contribution >= 4 is 9.84 Å². The number of aromatic nitrogens is 1. The molecule has 0 aliphatic heterocycles. The van der Waals surface area contributed by atoms with Gasteiger partial charge in [-0.15, -0.1) is 0 Å².